The van der Waals surface area contributed by atoms with E-state index in [9.17, 15) is 14.7 Å². The molecule has 1 aliphatic carbocycles. The monoisotopic (exact) mass is 344 g/mol. The largest absolute Gasteiger partial charge is 0.507 e. The van der Waals surface area contributed by atoms with Gasteiger partial charge in [-0.2, -0.15) is 0 Å². The molecule has 0 unspecified atom stereocenters. The van der Waals surface area contributed by atoms with Gasteiger partial charge in [-0.15, -0.1) is 0 Å². The van der Waals surface area contributed by atoms with Crippen molar-refractivity contribution in [1.29, 1.82) is 0 Å². The van der Waals surface area contributed by atoms with E-state index in [0.717, 1.165) is 6.42 Å². The lowest BCUT2D eigenvalue weighted by Crippen LogP contribution is -2.46. The highest BCUT2D eigenvalue weighted by molar-refractivity contribution is 5.96. The Hall–Kier alpha value is -2.14. The maximum atomic E-state index is 12.8. The molecule has 3 N–H and O–H groups in total. The summed E-state index contributed by atoms with van der Waals surface area (Å²) in [5.41, 5.74) is 5.58. The van der Waals surface area contributed by atoms with Crippen LogP contribution in [0, 0.1) is 17.3 Å². The summed E-state index contributed by atoms with van der Waals surface area (Å²) in [5, 5.41) is 9.70. The number of carbonyl (C=O) groups is 2. The predicted molar refractivity (Wildman–Crippen MR) is 98.0 cm³/mol. The lowest BCUT2D eigenvalue weighted by atomic mass is 9.65. The van der Waals surface area contributed by atoms with Crippen LogP contribution in [0.25, 0.3) is 0 Å². The van der Waals surface area contributed by atoms with Gasteiger partial charge in [-0.25, -0.2) is 5.43 Å². The second kappa shape index (κ2) is 7.83. The molecule has 0 radical (unpaired) electrons. The fourth-order valence-corrected chi connectivity index (χ4v) is 3.67. The number of aromatic hydroxyl groups is 1. The second-order valence-corrected chi connectivity index (χ2v) is 7.64. The highest BCUT2D eigenvalue weighted by Gasteiger charge is 2.39. The average Bonchev–Trinajstić information content (AvgIpc) is 2.52. The molecule has 1 aromatic carbocycles. The lowest BCUT2D eigenvalue weighted by molar-refractivity contribution is -0.128. The number of hydrogen-bond donors (Lipinski definition) is 3. The number of phenolic OH excluding ortho intramolecular Hbond substituents is 1. The van der Waals surface area contributed by atoms with Gasteiger partial charge in [0.1, 0.15) is 11.5 Å². The Morgan fingerprint density at radius 3 is 2.64 bits per heavy atom. The fourth-order valence-electron chi connectivity index (χ4n) is 3.67. The van der Waals surface area contributed by atoms with E-state index in [0.29, 0.717) is 6.42 Å². The van der Waals surface area contributed by atoms with E-state index in [1.165, 1.54) is 6.07 Å². The van der Waals surface area contributed by atoms with Crippen molar-refractivity contribution in [2.45, 2.75) is 46.6 Å². The van der Waals surface area contributed by atoms with Crippen LogP contribution in [0.5, 0.6) is 5.75 Å². The molecule has 25 heavy (non-hydrogen) atoms. The third kappa shape index (κ3) is 4.69. The Balaban J connectivity index is 1.90. The second-order valence-electron chi connectivity index (χ2n) is 7.64. The summed E-state index contributed by atoms with van der Waals surface area (Å²) in [7, 11) is 0. The maximum Gasteiger partial charge on any atom is 0.269 e. The van der Waals surface area contributed by atoms with E-state index in [4.69, 9.17) is 0 Å². The minimum absolute atomic E-state index is 0.0179. The Bertz CT molecular complexity index is 667. The van der Waals surface area contributed by atoms with Gasteiger partial charge in [-0.3, -0.25) is 15.0 Å². The molecular weight excluding hydrogens is 316 g/mol. The summed E-state index contributed by atoms with van der Waals surface area (Å²) in [5.74, 6) is -0.0876. The normalized spacial score (nSPS) is 23.0. The SMILES string of the molecule is C[C@H](CC(=O)[C@H]1[C@H](C)C=CCC1(C)C)NNC(=O)c1ccccc1O. The number of para-hydroxylation sites is 1. The molecule has 0 aliphatic heterocycles. The highest BCUT2D eigenvalue weighted by Crippen LogP contribution is 2.41. The maximum absolute atomic E-state index is 12.8. The molecule has 0 aromatic heterocycles. The van der Waals surface area contributed by atoms with Gasteiger partial charge >= 0.3 is 0 Å². The molecule has 1 amide bonds. The van der Waals surface area contributed by atoms with E-state index in [2.05, 4.69) is 43.8 Å². The number of Topliss-reactive ketones (excluding diaryl/α,β-unsaturated/α-hetero) is 1. The van der Waals surface area contributed by atoms with Crippen LogP contribution in [0.15, 0.2) is 36.4 Å². The molecule has 0 saturated heterocycles. The van der Waals surface area contributed by atoms with Gasteiger partial charge in [-0.05, 0) is 36.8 Å². The molecule has 5 nitrogen and oxygen atoms in total. The van der Waals surface area contributed by atoms with Crippen LogP contribution in [-0.2, 0) is 4.79 Å². The van der Waals surface area contributed by atoms with Crippen molar-refractivity contribution in [1.82, 2.24) is 10.9 Å². The quantitative estimate of drug-likeness (QED) is 0.547. The molecule has 0 saturated carbocycles. The van der Waals surface area contributed by atoms with Crippen molar-refractivity contribution in [3.05, 3.63) is 42.0 Å². The van der Waals surface area contributed by atoms with Crippen molar-refractivity contribution < 1.29 is 14.7 Å². The molecule has 0 bridgehead atoms. The van der Waals surface area contributed by atoms with E-state index in [-0.39, 0.29) is 40.4 Å². The zero-order valence-electron chi connectivity index (χ0n) is 15.4. The van der Waals surface area contributed by atoms with Crippen LogP contribution < -0.4 is 10.9 Å². The van der Waals surface area contributed by atoms with E-state index in [1.807, 2.05) is 6.92 Å². The van der Waals surface area contributed by atoms with Crippen molar-refractivity contribution in [3.8, 4) is 5.75 Å². The van der Waals surface area contributed by atoms with Gasteiger partial charge in [0, 0.05) is 18.4 Å². The zero-order valence-corrected chi connectivity index (χ0v) is 15.4. The first kappa shape index (κ1) is 19.2. The number of nitrogens with one attached hydrogen (secondary N) is 2. The van der Waals surface area contributed by atoms with Crippen LogP contribution in [0.3, 0.4) is 0 Å². The first-order chi connectivity index (χ1) is 11.7. The summed E-state index contributed by atoms with van der Waals surface area (Å²) in [6, 6.07) is 6.14. The first-order valence-electron chi connectivity index (χ1n) is 8.75. The van der Waals surface area contributed by atoms with Crippen LogP contribution in [0.4, 0.5) is 0 Å². The van der Waals surface area contributed by atoms with E-state index in [1.54, 1.807) is 18.2 Å². The van der Waals surface area contributed by atoms with Gasteiger partial charge in [0.2, 0.25) is 0 Å². The first-order valence-corrected chi connectivity index (χ1v) is 8.75. The van der Waals surface area contributed by atoms with E-state index >= 15 is 0 Å². The molecule has 0 heterocycles. The molecule has 3 atom stereocenters. The minimum atomic E-state index is -0.424. The number of hydrogen-bond acceptors (Lipinski definition) is 4. The Kier molecular flexibility index (Phi) is 6.01. The van der Waals surface area contributed by atoms with Crippen molar-refractivity contribution in [3.63, 3.8) is 0 Å². The summed E-state index contributed by atoms with van der Waals surface area (Å²) >= 11 is 0. The Morgan fingerprint density at radius 1 is 1.32 bits per heavy atom. The van der Waals surface area contributed by atoms with Crippen LogP contribution in [0.1, 0.15) is 50.9 Å². The minimum Gasteiger partial charge on any atom is -0.507 e. The van der Waals surface area contributed by atoms with Crippen LogP contribution >= 0.6 is 0 Å². The molecule has 5 heteroatoms. The van der Waals surface area contributed by atoms with Gasteiger partial charge < -0.3 is 5.11 Å². The number of phenols is 1. The van der Waals surface area contributed by atoms with Gasteiger partial charge in [0.25, 0.3) is 5.91 Å². The third-order valence-corrected chi connectivity index (χ3v) is 4.89. The summed E-state index contributed by atoms with van der Waals surface area (Å²) < 4.78 is 0. The molecular formula is C20H28N2O3. The Morgan fingerprint density at radius 2 is 2.00 bits per heavy atom. The number of ketones is 1. The molecule has 0 fully saturated rings. The standard InChI is InChI=1S/C20H28N2O3/c1-13-8-7-11-20(3,4)18(13)17(24)12-14(2)21-22-19(25)15-9-5-6-10-16(15)23/h5-10,13-14,18,21,23H,11-12H2,1-4H3,(H,22,25)/t13-,14-,18-/m1/s1. The predicted octanol–water partition coefficient (Wildman–Crippen LogP) is 3.21. The lowest BCUT2D eigenvalue weighted by Gasteiger charge is -2.39. The van der Waals surface area contributed by atoms with Crippen molar-refractivity contribution >= 4 is 11.7 Å². The zero-order chi connectivity index (χ0) is 18.6. The number of allylic oxidation sites excluding steroid dienone is 2. The van der Waals surface area contributed by atoms with Crippen LogP contribution in [-0.4, -0.2) is 22.8 Å². The highest BCUT2D eigenvalue weighted by atomic mass is 16.3. The van der Waals surface area contributed by atoms with Crippen LogP contribution in [0.2, 0.25) is 0 Å². The van der Waals surface area contributed by atoms with Gasteiger partial charge in [0.15, 0.2) is 0 Å². The number of amides is 1. The van der Waals surface area contributed by atoms with E-state index < -0.39 is 5.91 Å². The molecule has 0 spiro atoms. The summed E-state index contributed by atoms with van der Waals surface area (Å²) in [4.78, 5) is 24.9. The number of carbonyl (C=O) groups excluding carboxylic acids is 2. The summed E-state index contributed by atoms with van der Waals surface area (Å²) in [6.45, 7) is 8.21. The number of hydrazine groups is 1. The molecule has 136 valence electrons. The Labute approximate surface area is 149 Å². The number of benzene rings is 1. The molecule has 2 rings (SSSR count). The fraction of sp³-hybridized carbons (Fsp3) is 0.500. The third-order valence-electron chi connectivity index (χ3n) is 4.89. The molecule has 1 aliphatic rings. The average molecular weight is 344 g/mol. The molecule has 1 aromatic rings. The van der Waals surface area contributed by atoms with Gasteiger partial charge in [0.05, 0.1) is 5.56 Å². The number of rotatable bonds is 6. The van der Waals surface area contributed by atoms with Gasteiger partial charge in [-0.1, -0.05) is 45.1 Å². The topological polar surface area (TPSA) is 78.4 Å². The smallest absolute Gasteiger partial charge is 0.269 e. The van der Waals surface area contributed by atoms with Crippen molar-refractivity contribution in [2.75, 3.05) is 0 Å². The summed E-state index contributed by atoms with van der Waals surface area (Å²) in [6.07, 6.45) is 5.52. The van der Waals surface area contributed by atoms with Crippen molar-refractivity contribution in [2.24, 2.45) is 17.3 Å².